The predicted molar refractivity (Wildman–Crippen MR) is 79.1 cm³/mol. The third-order valence-electron chi connectivity index (χ3n) is 3.84. The Labute approximate surface area is 115 Å². The maximum atomic E-state index is 4.40. The lowest BCUT2D eigenvalue weighted by Crippen LogP contribution is -2.34. The summed E-state index contributed by atoms with van der Waals surface area (Å²) in [5.74, 6) is 1.77. The number of thiazole rings is 1. The van der Waals surface area contributed by atoms with Crippen LogP contribution in [0, 0.1) is 11.8 Å². The van der Waals surface area contributed by atoms with Gasteiger partial charge in [0.2, 0.25) is 0 Å². The van der Waals surface area contributed by atoms with Gasteiger partial charge in [0.1, 0.15) is 0 Å². The van der Waals surface area contributed by atoms with Crippen molar-refractivity contribution in [3.63, 3.8) is 0 Å². The summed E-state index contributed by atoms with van der Waals surface area (Å²) < 4.78 is 0. The molecule has 0 saturated carbocycles. The molecule has 1 aliphatic heterocycles. The van der Waals surface area contributed by atoms with Crippen LogP contribution >= 0.6 is 11.3 Å². The second-order valence-electron chi connectivity index (χ2n) is 5.52. The maximum absolute atomic E-state index is 4.40. The molecule has 1 saturated heterocycles. The molecular weight excluding hydrogens is 242 g/mol. The molecule has 0 amide bonds. The molecular formula is C14H25N3S. The van der Waals surface area contributed by atoms with Crippen LogP contribution in [0.25, 0.3) is 0 Å². The summed E-state index contributed by atoms with van der Waals surface area (Å²) >= 11 is 1.79. The number of hydrogen-bond donors (Lipinski definition) is 1. The first-order chi connectivity index (χ1) is 8.69. The van der Waals surface area contributed by atoms with Gasteiger partial charge in [-0.2, -0.15) is 0 Å². The van der Waals surface area contributed by atoms with E-state index in [-0.39, 0.29) is 0 Å². The zero-order valence-electron chi connectivity index (χ0n) is 11.8. The highest BCUT2D eigenvalue weighted by atomic mass is 32.1. The van der Waals surface area contributed by atoms with Gasteiger partial charge in [-0.05, 0) is 44.7 Å². The SMILES string of the molecule is CCNc1ncc(CN2CCC(C(C)C)CC2)s1. The Morgan fingerprint density at radius 3 is 2.78 bits per heavy atom. The Morgan fingerprint density at radius 2 is 2.17 bits per heavy atom. The Kier molecular flexibility index (Phi) is 5.01. The van der Waals surface area contributed by atoms with Gasteiger partial charge in [-0.1, -0.05) is 13.8 Å². The van der Waals surface area contributed by atoms with Crippen LogP contribution in [0.3, 0.4) is 0 Å². The van der Waals surface area contributed by atoms with E-state index in [1.807, 2.05) is 6.20 Å². The van der Waals surface area contributed by atoms with E-state index < -0.39 is 0 Å². The molecule has 0 radical (unpaired) electrons. The van der Waals surface area contributed by atoms with Crippen molar-refractivity contribution in [2.24, 2.45) is 11.8 Å². The molecule has 0 aromatic carbocycles. The van der Waals surface area contributed by atoms with Gasteiger partial charge in [-0.25, -0.2) is 4.98 Å². The van der Waals surface area contributed by atoms with E-state index in [1.165, 1.54) is 30.8 Å². The molecule has 1 aliphatic rings. The highest BCUT2D eigenvalue weighted by molar-refractivity contribution is 7.15. The third-order valence-corrected chi connectivity index (χ3v) is 4.78. The standard InChI is InChI=1S/C14H25N3S/c1-4-15-14-16-9-13(18-14)10-17-7-5-12(6-8-17)11(2)3/h9,11-12H,4-8,10H2,1-3H3,(H,15,16). The van der Waals surface area contributed by atoms with Gasteiger partial charge in [0.15, 0.2) is 5.13 Å². The number of aromatic nitrogens is 1. The fourth-order valence-electron chi connectivity index (χ4n) is 2.61. The number of likely N-dealkylation sites (tertiary alicyclic amines) is 1. The highest BCUT2D eigenvalue weighted by Crippen LogP contribution is 2.26. The molecule has 2 rings (SSSR count). The molecule has 102 valence electrons. The Balaban J connectivity index is 1.80. The summed E-state index contributed by atoms with van der Waals surface area (Å²) in [5, 5.41) is 4.34. The summed E-state index contributed by atoms with van der Waals surface area (Å²) in [6.07, 6.45) is 4.74. The molecule has 2 heterocycles. The van der Waals surface area contributed by atoms with Gasteiger partial charge in [-0.3, -0.25) is 4.90 Å². The first-order valence-electron chi connectivity index (χ1n) is 7.10. The molecule has 1 aromatic rings. The third kappa shape index (κ3) is 3.69. The van der Waals surface area contributed by atoms with Crippen molar-refractivity contribution < 1.29 is 0 Å². The summed E-state index contributed by atoms with van der Waals surface area (Å²) in [7, 11) is 0. The zero-order chi connectivity index (χ0) is 13.0. The van der Waals surface area contributed by atoms with E-state index in [2.05, 4.69) is 36.0 Å². The minimum Gasteiger partial charge on any atom is -0.362 e. The van der Waals surface area contributed by atoms with Gasteiger partial charge < -0.3 is 5.32 Å². The van der Waals surface area contributed by atoms with Gasteiger partial charge in [0.25, 0.3) is 0 Å². The number of nitrogens with zero attached hydrogens (tertiary/aromatic N) is 2. The Hall–Kier alpha value is -0.610. The number of piperidine rings is 1. The Bertz CT molecular complexity index is 354. The van der Waals surface area contributed by atoms with Crippen LogP contribution in [0.5, 0.6) is 0 Å². The van der Waals surface area contributed by atoms with E-state index in [0.717, 1.165) is 30.1 Å². The predicted octanol–water partition coefficient (Wildman–Crippen LogP) is 3.44. The molecule has 1 N–H and O–H groups in total. The molecule has 1 aromatic heterocycles. The van der Waals surface area contributed by atoms with Crippen molar-refractivity contribution >= 4 is 16.5 Å². The quantitative estimate of drug-likeness (QED) is 0.885. The Morgan fingerprint density at radius 1 is 1.44 bits per heavy atom. The van der Waals surface area contributed by atoms with Crippen LogP contribution in [-0.2, 0) is 6.54 Å². The summed E-state index contributed by atoms with van der Waals surface area (Å²) in [4.78, 5) is 8.35. The molecule has 3 nitrogen and oxygen atoms in total. The van der Waals surface area contributed by atoms with Crippen LogP contribution in [0.4, 0.5) is 5.13 Å². The molecule has 1 fully saturated rings. The summed E-state index contributed by atoms with van der Waals surface area (Å²) in [6.45, 7) is 11.3. The summed E-state index contributed by atoms with van der Waals surface area (Å²) in [6, 6.07) is 0. The van der Waals surface area contributed by atoms with E-state index in [0.29, 0.717) is 0 Å². The smallest absolute Gasteiger partial charge is 0.182 e. The van der Waals surface area contributed by atoms with Gasteiger partial charge in [0, 0.05) is 24.2 Å². The lowest BCUT2D eigenvalue weighted by Gasteiger charge is -2.33. The molecule has 0 unspecified atom stereocenters. The number of rotatable bonds is 5. The lowest BCUT2D eigenvalue weighted by molar-refractivity contribution is 0.153. The fourth-order valence-corrected chi connectivity index (χ4v) is 3.53. The van der Waals surface area contributed by atoms with Crippen LogP contribution in [0.2, 0.25) is 0 Å². The van der Waals surface area contributed by atoms with Crippen LogP contribution in [-0.4, -0.2) is 29.5 Å². The first kappa shape index (κ1) is 13.8. The van der Waals surface area contributed by atoms with Gasteiger partial charge in [-0.15, -0.1) is 11.3 Å². The van der Waals surface area contributed by atoms with Crippen molar-refractivity contribution in [2.75, 3.05) is 25.0 Å². The minimum atomic E-state index is 0.843. The van der Waals surface area contributed by atoms with E-state index in [9.17, 15) is 0 Å². The molecule has 0 bridgehead atoms. The molecule has 0 atom stereocenters. The molecule has 18 heavy (non-hydrogen) atoms. The highest BCUT2D eigenvalue weighted by Gasteiger charge is 2.21. The van der Waals surface area contributed by atoms with Crippen LogP contribution in [0.1, 0.15) is 38.5 Å². The first-order valence-corrected chi connectivity index (χ1v) is 7.91. The van der Waals surface area contributed by atoms with E-state index in [1.54, 1.807) is 11.3 Å². The fraction of sp³-hybridized carbons (Fsp3) is 0.786. The van der Waals surface area contributed by atoms with Crippen LogP contribution in [0.15, 0.2) is 6.20 Å². The number of hydrogen-bond acceptors (Lipinski definition) is 4. The minimum absolute atomic E-state index is 0.843. The topological polar surface area (TPSA) is 28.2 Å². The number of anilines is 1. The van der Waals surface area contributed by atoms with Crippen molar-refractivity contribution in [1.29, 1.82) is 0 Å². The van der Waals surface area contributed by atoms with E-state index in [4.69, 9.17) is 0 Å². The van der Waals surface area contributed by atoms with Crippen molar-refractivity contribution in [3.05, 3.63) is 11.1 Å². The number of nitrogens with one attached hydrogen (secondary N) is 1. The maximum Gasteiger partial charge on any atom is 0.182 e. The average molecular weight is 267 g/mol. The summed E-state index contributed by atoms with van der Waals surface area (Å²) in [5.41, 5.74) is 0. The average Bonchev–Trinajstić information content (AvgIpc) is 2.78. The zero-order valence-corrected chi connectivity index (χ0v) is 12.6. The van der Waals surface area contributed by atoms with Crippen LogP contribution < -0.4 is 5.32 Å². The molecule has 0 aliphatic carbocycles. The van der Waals surface area contributed by atoms with Gasteiger partial charge >= 0.3 is 0 Å². The van der Waals surface area contributed by atoms with Crippen molar-refractivity contribution in [3.8, 4) is 0 Å². The molecule has 4 heteroatoms. The van der Waals surface area contributed by atoms with Crippen molar-refractivity contribution in [2.45, 2.75) is 40.2 Å². The molecule has 0 spiro atoms. The normalized spacial score (nSPS) is 18.4. The van der Waals surface area contributed by atoms with Gasteiger partial charge in [0.05, 0.1) is 0 Å². The largest absolute Gasteiger partial charge is 0.362 e. The lowest BCUT2D eigenvalue weighted by atomic mass is 9.87. The van der Waals surface area contributed by atoms with Crippen molar-refractivity contribution in [1.82, 2.24) is 9.88 Å². The monoisotopic (exact) mass is 267 g/mol. The second kappa shape index (κ2) is 6.53. The second-order valence-corrected chi connectivity index (χ2v) is 6.63. The van der Waals surface area contributed by atoms with E-state index >= 15 is 0 Å².